The molecule has 0 bridgehead atoms. The summed E-state index contributed by atoms with van der Waals surface area (Å²) in [5.41, 5.74) is -1.18. The van der Waals surface area contributed by atoms with E-state index in [4.69, 9.17) is 0 Å². The standard InChI is InChI=1S/C22H19F3N2O3S/c23-22(24,25)21(30,20-26-17-3-1-2-4-18(17)31-20)13-19(29)27-11-9-15(10-12-27)14-5-7-16(28)8-6-14/h1-9,28,30H,10-13H2. The van der Waals surface area contributed by atoms with E-state index in [1.165, 1.54) is 4.90 Å². The second kappa shape index (κ2) is 7.97. The molecule has 0 radical (unpaired) electrons. The highest BCUT2D eigenvalue weighted by atomic mass is 32.1. The molecule has 0 saturated heterocycles. The molecule has 0 saturated carbocycles. The van der Waals surface area contributed by atoms with Gasteiger partial charge in [0.15, 0.2) is 0 Å². The molecule has 4 rings (SSSR count). The van der Waals surface area contributed by atoms with Gasteiger partial charge in [0.25, 0.3) is 0 Å². The molecule has 5 nitrogen and oxygen atoms in total. The van der Waals surface area contributed by atoms with Crippen LogP contribution in [0.15, 0.2) is 54.6 Å². The molecular formula is C22H19F3N2O3S. The number of fused-ring (bicyclic) bond motifs is 1. The zero-order chi connectivity index (χ0) is 22.2. The maximum atomic E-state index is 13.9. The maximum absolute atomic E-state index is 13.9. The van der Waals surface area contributed by atoms with Crippen molar-refractivity contribution in [2.45, 2.75) is 24.6 Å². The fourth-order valence-electron chi connectivity index (χ4n) is 3.51. The minimum atomic E-state index is -5.06. The lowest BCUT2D eigenvalue weighted by molar-refractivity contribution is -0.268. The molecule has 1 unspecified atom stereocenters. The van der Waals surface area contributed by atoms with Gasteiger partial charge in [-0.05, 0) is 41.8 Å². The molecule has 31 heavy (non-hydrogen) atoms. The molecule has 2 N–H and O–H groups in total. The fourth-order valence-corrected chi connectivity index (χ4v) is 4.58. The van der Waals surface area contributed by atoms with Crippen LogP contribution in [0.4, 0.5) is 13.2 Å². The first-order valence-electron chi connectivity index (χ1n) is 9.59. The zero-order valence-corrected chi connectivity index (χ0v) is 17.1. The lowest BCUT2D eigenvalue weighted by atomic mass is 9.96. The van der Waals surface area contributed by atoms with Crippen LogP contribution in [0.25, 0.3) is 15.8 Å². The quantitative estimate of drug-likeness (QED) is 0.618. The van der Waals surface area contributed by atoms with Gasteiger partial charge >= 0.3 is 6.18 Å². The summed E-state index contributed by atoms with van der Waals surface area (Å²) in [6.07, 6.45) is -3.95. The van der Waals surface area contributed by atoms with Crippen LogP contribution in [-0.2, 0) is 10.4 Å². The van der Waals surface area contributed by atoms with Gasteiger partial charge < -0.3 is 15.1 Å². The van der Waals surface area contributed by atoms with Gasteiger partial charge in [-0.25, -0.2) is 4.98 Å². The lowest BCUT2D eigenvalue weighted by Crippen LogP contribution is -2.47. The van der Waals surface area contributed by atoms with Crippen LogP contribution >= 0.6 is 11.3 Å². The third kappa shape index (κ3) is 4.15. The first-order chi connectivity index (χ1) is 14.7. The van der Waals surface area contributed by atoms with E-state index in [1.54, 1.807) is 54.6 Å². The fraction of sp³-hybridized carbons (Fsp3) is 0.273. The van der Waals surface area contributed by atoms with E-state index in [-0.39, 0.29) is 18.8 Å². The topological polar surface area (TPSA) is 73.7 Å². The van der Waals surface area contributed by atoms with E-state index in [0.29, 0.717) is 16.6 Å². The number of amides is 1. The number of hydrogen-bond acceptors (Lipinski definition) is 5. The van der Waals surface area contributed by atoms with Gasteiger partial charge in [0.1, 0.15) is 10.8 Å². The Bertz CT molecular complexity index is 1110. The monoisotopic (exact) mass is 448 g/mol. The second-order valence-electron chi connectivity index (χ2n) is 7.39. The first kappa shape index (κ1) is 21.3. The Morgan fingerprint density at radius 1 is 1.13 bits per heavy atom. The molecule has 3 aromatic rings. The minimum Gasteiger partial charge on any atom is -0.508 e. The van der Waals surface area contributed by atoms with Crippen LogP contribution in [0.3, 0.4) is 0 Å². The number of nitrogens with zero attached hydrogens (tertiary/aromatic N) is 2. The van der Waals surface area contributed by atoms with Crippen molar-refractivity contribution in [1.29, 1.82) is 0 Å². The number of aromatic nitrogens is 1. The van der Waals surface area contributed by atoms with Crippen LogP contribution in [0.5, 0.6) is 5.75 Å². The molecule has 1 aliphatic heterocycles. The van der Waals surface area contributed by atoms with Crippen LogP contribution in [0.1, 0.15) is 23.4 Å². The van der Waals surface area contributed by atoms with Crippen molar-refractivity contribution < 1.29 is 28.2 Å². The molecule has 1 aliphatic rings. The predicted octanol–water partition coefficient (Wildman–Crippen LogP) is 4.46. The van der Waals surface area contributed by atoms with E-state index in [9.17, 15) is 28.2 Å². The number of benzene rings is 2. The van der Waals surface area contributed by atoms with Gasteiger partial charge in [0.05, 0.1) is 16.6 Å². The molecule has 2 aromatic carbocycles. The highest BCUT2D eigenvalue weighted by Gasteiger charge is 2.58. The molecule has 2 heterocycles. The number of aromatic hydroxyl groups is 1. The van der Waals surface area contributed by atoms with Crippen LogP contribution < -0.4 is 0 Å². The van der Waals surface area contributed by atoms with Crippen molar-refractivity contribution in [2.24, 2.45) is 0 Å². The molecule has 1 aromatic heterocycles. The maximum Gasteiger partial charge on any atom is 0.424 e. The van der Waals surface area contributed by atoms with Gasteiger partial charge in [-0.1, -0.05) is 30.3 Å². The highest BCUT2D eigenvalue weighted by Crippen LogP contribution is 2.44. The SMILES string of the molecule is O=C(CC(O)(c1nc2ccccc2s1)C(F)(F)F)N1CC=C(c2ccc(O)cc2)CC1. The number of alkyl halides is 3. The number of rotatable bonds is 4. The number of hydrogen-bond donors (Lipinski definition) is 2. The summed E-state index contributed by atoms with van der Waals surface area (Å²) in [6.45, 7) is 0.377. The zero-order valence-electron chi connectivity index (χ0n) is 16.3. The smallest absolute Gasteiger partial charge is 0.424 e. The average molecular weight is 448 g/mol. The predicted molar refractivity (Wildman–Crippen MR) is 111 cm³/mol. The average Bonchev–Trinajstić information content (AvgIpc) is 3.18. The number of aliphatic hydroxyl groups is 1. The number of carbonyl (C=O) groups is 1. The molecule has 0 fully saturated rings. The third-order valence-corrected chi connectivity index (χ3v) is 6.51. The lowest BCUT2D eigenvalue weighted by Gasteiger charge is -2.32. The van der Waals surface area contributed by atoms with Crippen molar-refractivity contribution in [3.63, 3.8) is 0 Å². The van der Waals surface area contributed by atoms with Gasteiger partial charge in [0, 0.05) is 13.1 Å². The summed E-state index contributed by atoms with van der Waals surface area (Å²) >= 11 is 0.734. The van der Waals surface area contributed by atoms with E-state index < -0.39 is 29.1 Å². The van der Waals surface area contributed by atoms with Crippen molar-refractivity contribution in [2.75, 3.05) is 13.1 Å². The summed E-state index contributed by atoms with van der Waals surface area (Å²) < 4.78 is 42.1. The van der Waals surface area contributed by atoms with E-state index >= 15 is 0 Å². The summed E-state index contributed by atoms with van der Waals surface area (Å²) in [6, 6.07) is 13.1. The van der Waals surface area contributed by atoms with E-state index in [2.05, 4.69) is 4.98 Å². The Morgan fingerprint density at radius 2 is 1.84 bits per heavy atom. The molecule has 1 atom stereocenters. The van der Waals surface area contributed by atoms with Gasteiger partial charge in [0.2, 0.25) is 11.5 Å². The number of phenolic OH excluding ortho intramolecular Hbond substituents is 1. The first-order valence-corrected chi connectivity index (χ1v) is 10.4. The molecule has 0 spiro atoms. The number of phenols is 1. The van der Waals surface area contributed by atoms with Gasteiger partial charge in [-0.3, -0.25) is 4.79 Å². The van der Waals surface area contributed by atoms with Crippen molar-refractivity contribution in [3.8, 4) is 5.75 Å². The molecule has 1 amide bonds. The minimum absolute atomic E-state index is 0.137. The Morgan fingerprint density at radius 3 is 2.45 bits per heavy atom. The van der Waals surface area contributed by atoms with Gasteiger partial charge in [-0.15, -0.1) is 11.3 Å². The normalized spacial score (nSPS) is 16.8. The van der Waals surface area contributed by atoms with Crippen LogP contribution in [0, 0.1) is 0 Å². The number of thiazole rings is 1. The Kier molecular flexibility index (Phi) is 5.49. The molecule has 0 aliphatic carbocycles. The Labute approximate surface area is 180 Å². The largest absolute Gasteiger partial charge is 0.508 e. The molecule has 9 heteroatoms. The Balaban J connectivity index is 1.54. The highest BCUT2D eigenvalue weighted by molar-refractivity contribution is 7.18. The van der Waals surface area contributed by atoms with Crippen molar-refractivity contribution in [3.05, 3.63) is 65.2 Å². The summed E-state index contributed by atoms with van der Waals surface area (Å²) in [4.78, 5) is 18.0. The summed E-state index contributed by atoms with van der Waals surface area (Å²) in [5.74, 6) is -0.654. The third-order valence-electron chi connectivity index (χ3n) is 5.32. The van der Waals surface area contributed by atoms with E-state index in [0.717, 1.165) is 22.5 Å². The van der Waals surface area contributed by atoms with E-state index in [1.807, 2.05) is 0 Å². The van der Waals surface area contributed by atoms with Gasteiger partial charge in [-0.2, -0.15) is 13.2 Å². The van der Waals surface area contributed by atoms with Crippen LogP contribution in [0.2, 0.25) is 0 Å². The number of para-hydroxylation sites is 1. The second-order valence-corrected chi connectivity index (χ2v) is 8.42. The summed E-state index contributed by atoms with van der Waals surface area (Å²) in [5, 5.41) is 19.5. The summed E-state index contributed by atoms with van der Waals surface area (Å²) in [7, 11) is 0. The molecular weight excluding hydrogens is 429 g/mol. The molecule has 162 valence electrons. The Hall–Kier alpha value is -2.91. The van der Waals surface area contributed by atoms with Crippen molar-refractivity contribution >= 4 is 33.0 Å². The number of carbonyl (C=O) groups excluding carboxylic acids is 1. The van der Waals surface area contributed by atoms with Crippen LogP contribution in [-0.4, -0.2) is 45.3 Å². The van der Waals surface area contributed by atoms with Crippen molar-refractivity contribution in [1.82, 2.24) is 9.88 Å². The number of halogens is 3.